The zero-order valence-corrected chi connectivity index (χ0v) is 13.7. The number of amides is 1. The summed E-state index contributed by atoms with van der Waals surface area (Å²) in [7, 11) is 0. The van der Waals surface area contributed by atoms with Crippen molar-refractivity contribution in [1.29, 1.82) is 0 Å². The van der Waals surface area contributed by atoms with Crippen LogP contribution in [0.25, 0.3) is 0 Å². The maximum absolute atomic E-state index is 13.7. The Labute approximate surface area is 142 Å². The van der Waals surface area contributed by atoms with Crippen LogP contribution < -0.4 is 5.32 Å². The largest absolute Gasteiger partial charge is 0.302 e. The molecule has 0 aliphatic heterocycles. The third-order valence-electron chi connectivity index (χ3n) is 3.49. The maximum Gasteiger partial charge on any atom is 0.275 e. The van der Waals surface area contributed by atoms with Gasteiger partial charge in [-0.25, -0.2) is 4.39 Å². The number of rotatable bonds is 5. The summed E-state index contributed by atoms with van der Waals surface area (Å²) in [6, 6.07) is 8.04. The molecule has 6 nitrogen and oxygen atoms in total. The van der Waals surface area contributed by atoms with E-state index in [1.54, 1.807) is 41.3 Å². The van der Waals surface area contributed by atoms with Gasteiger partial charge in [0.2, 0.25) is 0 Å². The van der Waals surface area contributed by atoms with Crippen molar-refractivity contribution in [3.8, 4) is 0 Å². The van der Waals surface area contributed by atoms with Gasteiger partial charge in [-0.15, -0.1) is 0 Å². The predicted octanol–water partition coefficient (Wildman–Crippen LogP) is 3.19. The second-order valence-electron chi connectivity index (χ2n) is 5.10. The molecule has 3 rings (SSSR count). The van der Waals surface area contributed by atoms with Crippen LogP contribution in [-0.2, 0) is 13.1 Å². The second kappa shape index (κ2) is 6.84. The molecule has 0 saturated carbocycles. The first-order valence-corrected chi connectivity index (χ1v) is 7.75. The first-order valence-electron chi connectivity index (χ1n) is 7.38. The Morgan fingerprint density at radius 1 is 1.33 bits per heavy atom. The number of aryl methyl sites for hydroxylation is 1. The lowest BCUT2D eigenvalue weighted by atomic mass is 10.2. The molecule has 8 heteroatoms. The highest BCUT2D eigenvalue weighted by Crippen LogP contribution is 2.21. The number of anilines is 1. The van der Waals surface area contributed by atoms with Gasteiger partial charge >= 0.3 is 0 Å². The Morgan fingerprint density at radius 2 is 2.12 bits per heavy atom. The lowest BCUT2D eigenvalue weighted by molar-refractivity contribution is 0.101. The fourth-order valence-electron chi connectivity index (χ4n) is 2.31. The van der Waals surface area contributed by atoms with E-state index in [0.717, 1.165) is 0 Å². The molecular weight excluding hydrogens is 333 g/mol. The smallest absolute Gasteiger partial charge is 0.275 e. The molecule has 0 spiro atoms. The van der Waals surface area contributed by atoms with E-state index < -0.39 is 0 Å². The molecule has 1 N–H and O–H groups in total. The number of carbonyl (C=O) groups is 1. The van der Waals surface area contributed by atoms with Gasteiger partial charge in [0.15, 0.2) is 5.82 Å². The van der Waals surface area contributed by atoms with Crippen molar-refractivity contribution in [3.05, 3.63) is 64.8 Å². The minimum atomic E-state index is -0.354. The minimum absolute atomic E-state index is 0.217. The highest BCUT2D eigenvalue weighted by Gasteiger charge is 2.16. The lowest BCUT2D eigenvalue weighted by Gasteiger charge is -2.05. The monoisotopic (exact) mass is 347 g/mol. The van der Waals surface area contributed by atoms with Gasteiger partial charge in [-0.2, -0.15) is 10.2 Å². The molecule has 0 atom stereocenters. The molecule has 1 aromatic carbocycles. The summed E-state index contributed by atoms with van der Waals surface area (Å²) in [6.07, 6.45) is 3.09. The molecule has 0 radical (unpaired) electrons. The Hall–Kier alpha value is -2.67. The van der Waals surface area contributed by atoms with Crippen molar-refractivity contribution in [2.45, 2.75) is 20.0 Å². The number of aromatic nitrogens is 4. The average Bonchev–Trinajstić information content (AvgIpc) is 3.16. The number of hydrogen-bond donors (Lipinski definition) is 1. The summed E-state index contributed by atoms with van der Waals surface area (Å²) in [5.74, 6) is -0.448. The Kier molecular flexibility index (Phi) is 4.61. The third-order valence-corrected chi connectivity index (χ3v) is 3.76. The Balaban J connectivity index is 1.77. The second-order valence-corrected chi connectivity index (χ2v) is 5.51. The van der Waals surface area contributed by atoms with Gasteiger partial charge in [-0.05, 0) is 19.1 Å². The normalized spacial score (nSPS) is 10.8. The van der Waals surface area contributed by atoms with Crippen LogP contribution in [0.5, 0.6) is 0 Å². The molecule has 0 saturated heterocycles. The van der Waals surface area contributed by atoms with Crippen LogP contribution in [0.1, 0.15) is 23.0 Å². The third kappa shape index (κ3) is 3.30. The quantitative estimate of drug-likeness (QED) is 0.770. The number of benzene rings is 1. The molecule has 2 heterocycles. The Bertz CT molecular complexity index is 873. The maximum atomic E-state index is 13.7. The van der Waals surface area contributed by atoms with Gasteiger partial charge in [-0.1, -0.05) is 29.8 Å². The van der Waals surface area contributed by atoms with Crippen LogP contribution in [0.15, 0.2) is 42.7 Å². The van der Waals surface area contributed by atoms with E-state index in [1.165, 1.54) is 10.7 Å². The standard InChI is InChI=1S/C16H15ClFN5O/c1-2-23-14(7-8-19-23)16(24)20-15-12(17)10-22(21-15)9-11-5-3-4-6-13(11)18/h3-8,10H,2,9H2,1H3,(H,20,21,24). The molecule has 0 aliphatic rings. The zero-order valence-electron chi connectivity index (χ0n) is 12.9. The summed E-state index contributed by atoms with van der Waals surface area (Å²) < 4.78 is 16.8. The molecule has 1 amide bonds. The van der Waals surface area contributed by atoms with E-state index in [0.29, 0.717) is 17.8 Å². The van der Waals surface area contributed by atoms with Crippen LogP contribution in [0.3, 0.4) is 0 Å². The van der Waals surface area contributed by atoms with Gasteiger partial charge in [0.1, 0.15) is 16.5 Å². The fourth-order valence-corrected chi connectivity index (χ4v) is 2.51. The SMILES string of the molecule is CCn1nccc1C(=O)Nc1nn(Cc2ccccc2F)cc1Cl. The van der Waals surface area contributed by atoms with E-state index in [4.69, 9.17) is 11.6 Å². The molecule has 0 fully saturated rings. The number of hydrogen-bond acceptors (Lipinski definition) is 3. The topological polar surface area (TPSA) is 64.7 Å². The zero-order chi connectivity index (χ0) is 17.1. The number of nitrogens with one attached hydrogen (secondary N) is 1. The summed E-state index contributed by atoms with van der Waals surface area (Å²) in [4.78, 5) is 12.3. The summed E-state index contributed by atoms with van der Waals surface area (Å²) in [6.45, 7) is 2.68. The Morgan fingerprint density at radius 3 is 2.88 bits per heavy atom. The molecule has 0 bridgehead atoms. The van der Waals surface area contributed by atoms with Crippen LogP contribution in [0.2, 0.25) is 5.02 Å². The summed E-state index contributed by atoms with van der Waals surface area (Å²) >= 11 is 6.12. The van der Waals surface area contributed by atoms with Crippen LogP contribution in [0, 0.1) is 5.82 Å². The number of carbonyl (C=O) groups excluding carboxylic acids is 1. The van der Waals surface area contributed by atoms with E-state index >= 15 is 0 Å². The number of nitrogens with zero attached hydrogens (tertiary/aromatic N) is 4. The van der Waals surface area contributed by atoms with E-state index in [1.807, 2.05) is 6.92 Å². The van der Waals surface area contributed by atoms with Crippen LogP contribution >= 0.6 is 11.6 Å². The molecule has 124 valence electrons. The first kappa shape index (κ1) is 16.2. The molecular formula is C16H15ClFN5O. The van der Waals surface area contributed by atoms with Crippen molar-refractivity contribution in [2.75, 3.05) is 5.32 Å². The van der Waals surface area contributed by atoms with Gasteiger partial charge < -0.3 is 5.32 Å². The van der Waals surface area contributed by atoms with Crippen LogP contribution in [0.4, 0.5) is 10.2 Å². The molecule has 24 heavy (non-hydrogen) atoms. The number of halogens is 2. The van der Waals surface area contributed by atoms with E-state index in [2.05, 4.69) is 15.5 Å². The first-order chi connectivity index (χ1) is 11.6. The van der Waals surface area contributed by atoms with Gasteiger partial charge in [-0.3, -0.25) is 14.2 Å². The van der Waals surface area contributed by atoms with Crippen molar-refractivity contribution >= 4 is 23.3 Å². The van der Waals surface area contributed by atoms with Gasteiger partial charge in [0, 0.05) is 24.5 Å². The minimum Gasteiger partial charge on any atom is -0.302 e. The van der Waals surface area contributed by atoms with E-state index in [-0.39, 0.29) is 29.1 Å². The molecule has 0 aliphatic carbocycles. The van der Waals surface area contributed by atoms with Crippen molar-refractivity contribution in [2.24, 2.45) is 0 Å². The lowest BCUT2D eigenvalue weighted by Crippen LogP contribution is -2.18. The highest BCUT2D eigenvalue weighted by molar-refractivity contribution is 6.33. The van der Waals surface area contributed by atoms with Gasteiger partial charge in [0.05, 0.1) is 6.54 Å². The molecule has 3 aromatic rings. The van der Waals surface area contributed by atoms with Crippen molar-refractivity contribution < 1.29 is 9.18 Å². The predicted molar refractivity (Wildman–Crippen MR) is 88.6 cm³/mol. The molecule has 0 unspecified atom stereocenters. The van der Waals surface area contributed by atoms with Gasteiger partial charge in [0.25, 0.3) is 5.91 Å². The highest BCUT2D eigenvalue weighted by atomic mass is 35.5. The molecule has 2 aromatic heterocycles. The van der Waals surface area contributed by atoms with Crippen molar-refractivity contribution in [3.63, 3.8) is 0 Å². The fraction of sp³-hybridized carbons (Fsp3) is 0.188. The van der Waals surface area contributed by atoms with Crippen molar-refractivity contribution in [1.82, 2.24) is 19.6 Å². The summed E-state index contributed by atoms with van der Waals surface area (Å²) in [5.41, 5.74) is 0.899. The average molecular weight is 348 g/mol. The van der Waals surface area contributed by atoms with Crippen LogP contribution in [-0.4, -0.2) is 25.5 Å². The van der Waals surface area contributed by atoms with E-state index in [9.17, 15) is 9.18 Å². The summed E-state index contributed by atoms with van der Waals surface area (Å²) in [5, 5.41) is 11.2.